The zero-order valence-corrected chi connectivity index (χ0v) is 6.16. The van der Waals surface area contributed by atoms with Gasteiger partial charge in [0, 0.05) is 12.4 Å². The first-order valence-corrected chi connectivity index (χ1v) is 3.42. The van der Waals surface area contributed by atoms with Gasteiger partial charge in [-0.2, -0.15) is 0 Å². The summed E-state index contributed by atoms with van der Waals surface area (Å²) in [5.41, 5.74) is 0. The molecule has 0 aliphatic rings. The molecule has 2 rings (SSSR count). The van der Waals surface area contributed by atoms with Gasteiger partial charge in [0.15, 0.2) is 11.6 Å². The maximum Gasteiger partial charge on any atom is 0.173 e. The summed E-state index contributed by atoms with van der Waals surface area (Å²) in [6.45, 7) is 1.91. The number of aromatic amines is 1. The van der Waals surface area contributed by atoms with Gasteiger partial charge in [0.05, 0.1) is 0 Å². The maximum absolute atomic E-state index is 5.33. The highest BCUT2D eigenvalue weighted by Gasteiger charge is 2.02. The Morgan fingerprint density at radius 2 is 2.36 bits per heavy atom. The van der Waals surface area contributed by atoms with Crippen LogP contribution in [0.3, 0.4) is 0 Å². The molecule has 0 unspecified atom stereocenters. The van der Waals surface area contributed by atoms with E-state index in [1.165, 1.54) is 0 Å². The summed E-state index contributed by atoms with van der Waals surface area (Å²) in [5, 5.41) is 0. The Morgan fingerprint density at radius 3 is 2.91 bits per heavy atom. The van der Waals surface area contributed by atoms with Gasteiger partial charge in [-0.3, -0.25) is 0 Å². The van der Waals surface area contributed by atoms with Crippen LogP contribution in [0.5, 0.6) is 0 Å². The third-order valence-corrected chi connectivity index (χ3v) is 1.47. The molecule has 3 heteroatoms. The van der Waals surface area contributed by atoms with Gasteiger partial charge in [0.2, 0.25) is 0 Å². The van der Waals surface area contributed by atoms with E-state index >= 15 is 0 Å². The average Bonchev–Trinajstić information content (AvgIpc) is 2.55. The molecule has 1 N–H and O–H groups in total. The fourth-order valence-electron chi connectivity index (χ4n) is 0.962. The molecule has 0 saturated carbocycles. The molecule has 0 aliphatic heterocycles. The lowest BCUT2D eigenvalue weighted by Crippen LogP contribution is -1.73. The molecule has 0 aromatic carbocycles. The largest absolute Gasteiger partial charge is 0.458 e. The van der Waals surface area contributed by atoms with Crippen molar-refractivity contribution in [3.63, 3.8) is 0 Å². The minimum absolute atomic E-state index is 0.776. The van der Waals surface area contributed by atoms with Crippen LogP contribution in [0.1, 0.15) is 5.76 Å². The summed E-state index contributed by atoms with van der Waals surface area (Å²) in [7, 11) is 0. The zero-order chi connectivity index (χ0) is 7.68. The Kier molecular flexibility index (Phi) is 1.28. The molecule has 0 amide bonds. The van der Waals surface area contributed by atoms with Crippen molar-refractivity contribution in [3.05, 3.63) is 30.3 Å². The second-order valence-electron chi connectivity index (χ2n) is 2.35. The van der Waals surface area contributed by atoms with Crippen molar-refractivity contribution in [2.75, 3.05) is 0 Å². The van der Waals surface area contributed by atoms with Crippen molar-refractivity contribution < 1.29 is 4.42 Å². The highest BCUT2D eigenvalue weighted by atomic mass is 16.3. The Bertz CT molecular complexity index is 335. The number of nitrogens with one attached hydrogen (secondary N) is 1. The van der Waals surface area contributed by atoms with Crippen molar-refractivity contribution in [2.24, 2.45) is 0 Å². The normalized spacial score (nSPS) is 10.3. The Hall–Kier alpha value is -1.51. The second-order valence-corrected chi connectivity index (χ2v) is 2.35. The highest BCUT2D eigenvalue weighted by molar-refractivity contribution is 5.46. The van der Waals surface area contributed by atoms with Gasteiger partial charge < -0.3 is 9.40 Å². The third-order valence-electron chi connectivity index (χ3n) is 1.47. The number of furan rings is 1. The fraction of sp³-hybridized carbons (Fsp3) is 0.125. The summed E-state index contributed by atoms with van der Waals surface area (Å²) >= 11 is 0. The van der Waals surface area contributed by atoms with Gasteiger partial charge >= 0.3 is 0 Å². The molecule has 2 heterocycles. The number of imidazole rings is 1. The third kappa shape index (κ3) is 1.05. The molecule has 0 radical (unpaired) electrons. The first-order valence-electron chi connectivity index (χ1n) is 3.42. The average molecular weight is 148 g/mol. The molecule has 11 heavy (non-hydrogen) atoms. The van der Waals surface area contributed by atoms with Crippen molar-refractivity contribution in [1.82, 2.24) is 9.97 Å². The summed E-state index contributed by atoms with van der Waals surface area (Å²) in [6, 6.07) is 3.81. The van der Waals surface area contributed by atoms with Crippen LogP contribution in [0.4, 0.5) is 0 Å². The SMILES string of the molecule is Cc1ccc(-c2ncc[nH]2)o1. The number of rotatable bonds is 1. The van der Waals surface area contributed by atoms with Crippen LogP contribution in [0, 0.1) is 6.92 Å². The minimum Gasteiger partial charge on any atom is -0.458 e. The van der Waals surface area contributed by atoms with Crippen LogP contribution in [0.25, 0.3) is 11.6 Å². The standard InChI is InChI=1S/C8H8N2O/c1-6-2-3-7(11-6)8-9-4-5-10-8/h2-5H,1H3,(H,9,10). The van der Waals surface area contributed by atoms with E-state index in [9.17, 15) is 0 Å². The molecule has 0 saturated heterocycles. The molecule has 0 bridgehead atoms. The molecule has 56 valence electrons. The summed E-state index contributed by atoms with van der Waals surface area (Å²) in [5.74, 6) is 2.46. The van der Waals surface area contributed by atoms with E-state index in [0.29, 0.717) is 0 Å². The predicted molar refractivity (Wildman–Crippen MR) is 41.0 cm³/mol. The number of H-pyrrole nitrogens is 1. The van der Waals surface area contributed by atoms with Crippen molar-refractivity contribution in [1.29, 1.82) is 0 Å². The number of nitrogens with zero attached hydrogens (tertiary/aromatic N) is 1. The van der Waals surface area contributed by atoms with E-state index < -0.39 is 0 Å². The number of hydrogen-bond donors (Lipinski definition) is 1. The predicted octanol–water partition coefficient (Wildman–Crippen LogP) is 1.98. The van der Waals surface area contributed by atoms with Crippen molar-refractivity contribution in [2.45, 2.75) is 6.92 Å². The Balaban J connectivity index is 2.45. The van der Waals surface area contributed by atoms with Crippen LogP contribution in [-0.4, -0.2) is 9.97 Å². The first-order chi connectivity index (χ1) is 5.36. The van der Waals surface area contributed by atoms with Gasteiger partial charge in [0.1, 0.15) is 5.76 Å². The maximum atomic E-state index is 5.33. The van der Waals surface area contributed by atoms with Gasteiger partial charge in [0.25, 0.3) is 0 Å². The number of aryl methyl sites for hydroxylation is 1. The quantitative estimate of drug-likeness (QED) is 0.671. The summed E-state index contributed by atoms with van der Waals surface area (Å²) in [4.78, 5) is 7.01. The van der Waals surface area contributed by atoms with Gasteiger partial charge in [-0.25, -0.2) is 4.98 Å². The van der Waals surface area contributed by atoms with E-state index in [4.69, 9.17) is 4.42 Å². The summed E-state index contributed by atoms with van der Waals surface area (Å²) < 4.78 is 5.33. The molecule has 2 aromatic rings. The van der Waals surface area contributed by atoms with Crippen LogP contribution in [-0.2, 0) is 0 Å². The molecular formula is C8H8N2O. The monoisotopic (exact) mass is 148 g/mol. The highest BCUT2D eigenvalue weighted by Crippen LogP contribution is 2.16. The van der Waals surface area contributed by atoms with E-state index in [-0.39, 0.29) is 0 Å². The van der Waals surface area contributed by atoms with E-state index in [1.54, 1.807) is 12.4 Å². The topological polar surface area (TPSA) is 41.8 Å². The summed E-state index contributed by atoms with van der Waals surface area (Å²) in [6.07, 6.45) is 3.47. The van der Waals surface area contributed by atoms with Gasteiger partial charge in [-0.1, -0.05) is 0 Å². The van der Waals surface area contributed by atoms with E-state index in [1.807, 2.05) is 19.1 Å². The number of hydrogen-bond acceptors (Lipinski definition) is 2. The van der Waals surface area contributed by atoms with Crippen molar-refractivity contribution in [3.8, 4) is 11.6 Å². The smallest absolute Gasteiger partial charge is 0.173 e. The van der Waals surface area contributed by atoms with Crippen LogP contribution in [0.2, 0.25) is 0 Å². The van der Waals surface area contributed by atoms with Gasteiger partial charge in [-0.05, 0) is 19.1 Å². The lowest BCUT2D eigenvalue weighted by molar-refractivity contribution is 0.545. The Labute approximate surface area is 64.1 Å². The first kappa shape index (κ1) is 6.22. The van der Waals surface area contributed by atoms with Crippen LogP contribution in [0.15, 0.2) is 28.9 Å². The molecule has 0 fully saturated rings. The Morgan fingerprint density at radius 1 is 1.45 bits per heavy atom. The van der Waals surface area contributed by atoms with Crippen LogP contribution >= 0.6 is 0 Å². The lowest BCUT2D eigenvalue weighted by Gasteiger charge is -1.87. The second kappa shape index (κ2) is 2.27. The molecular weight excluding hydrogens is 140 g/mol. The fourth-order valence-corrected chi connectivity index (χ4v) is 0.962. The molecule has 2 aromatic heterocycles. The van der Waals surface area contributed by atoms with E-state index in [0.717, 1.165) is 17.3 Å². The lowest BCUT2D eigenvalue weighted by atomic mass is 10.4. The minimum atomic E-state index is 0.776. The van der Waals surface area contributed by atoms with Crippen molar-refractivity contribution >= 4 is 0 Å². The van der Waals surface area contributed by atoms with Crippen LogP contribution < -0.4 is 0 Å². The van der Waals surface area contributed by atoms with E-state index in [2.05, 4.69) is 9.97 Å². The zero-order valence-electron chi connectivity index (χ0n) is 6.16. The molecule has 0 spiro atoms. The molecule has 0 atom stereocenters. The molecule has 0 aliphatic carbocycles. The van der Waals surface area contributed by atoms with Gasteiger partial charge in [-0.15, -0.1) is 0 Å². The number of aromatic nitrogens is 2. The molecule has 3 nitrogen and oxygen atoms in total.